The van der Waals surface area contributed by atoms with Gasteiger partial charge in [-0.2, -0.15) is 0 Å². The molecule has 19 heavy (non-hydrogen) atoms. The van der Waals surface area contributed by atoms with E-state index in [0.29, 0.717) is 17.2 Å². The second kappa shape index (κ2) is 6.06. The largest absolute Gasteiger partial charge is 0.508 e. The van der Waals surface area contributed by atoms with Gasteiger partial charge in [-0.15, -0.1) is 0 Å². The first-order chi connectivity index (χ1) is 9.11. The van der Waals surface area contributed by atoms with Crippen molar-refractivity contribution in [3.05, 3.63) is 29.3 Å². The van der Waals surface area contributed by atoms with Crippen LogP contribution in [0.1, 0.15) is 41.6 Å². The Labute approximate surface area is 114 Å². The summed E-state index contributed by atoms with van der Waals surface area (Å²) in [4.78, 5) is 12.2. The van der Waals surface area contributed by atoms with Crippen LogP contribution in [0, 0.1) is 6.92 Å². The zero-order valence-electron chi connectivity index (χ0n) is 11.6. The predicted octanol–water partition coefficient (Wildman–Crippen LogP) is 1.96. The minimum Gasteiger partial charge on any atom is -0.508 e. The fourth-order valence-corrected chi connectivity index (χ4v) is 2.66. The van der Waals surface area contributed by atoms with Gasteiger partial charge in [-0.05, 0) is 51.8 Å². The van der Waals surface area contributed by atoms with Crippen LogP contribution in [0.15, 0.2) is 18.2 Å². The minimum absolute atomic E-state index is 0.0821. The Morgan fingerprint density at radius 3 is 2.47 bits per heavy atom. The van der Waals surface area contributed by atoms with Gasteiger partial charge in [-0.1, -0.05) is 6.07 Å². The van der Waals surface area contributed by atoms with E-state index in [-0.39, 0.29) is 17.7 Å². The summed E-state index contributed by atoms with van der Waals surface area (Å²) < 4.78 is 0. The SMILES string of the molecule is CNC1CCC(NC(=O)c2cccc(O)c2C)CC1. The number of carbonyl (C=O) groups is 1. The van der Waals surface area contributed by atoms with E-state index >= 15 is 0 Å². The standard InChI is InChI=1S/C15H22N2O2/c1-10-13(4-3-5-14(10)18)15(19)17-12-8-6-11(16-2)7-9-12/h3-5,11-12,16,18H,6-9H2,1-2H3,(H,17,19). The van der Waals surface area contributed by atoms with E-state index < -0.39 is 0 Å². The molecule has 0 aliphatic heterocycles. The number of carbonyl (C=O) groups excluding carboxylic acids is 1. The highest BCUT2D eigenvalue weighted by Gasteiger charge is 2.22. The second-order valence-electron chi connectivity index (χ2n) is 5.26. The third-order valence-electron chi connectivity index (χ3n) is 4.02. The lowest BCUT2D eigenvalue weighted by atomic mass is 9.91. The number of rotatable bonds is 3. The van der Waals surface area contributed by atoms with Crippen molar-refractivity contribution in [3.8, 4) is 5.75 Å². The molecule has 3 N–H and O–H groups in total. The summed E-state index contributed by atoms with van der Waals surface area (Å²) in [5.74, 6) is 0.0906. The normalized spacial score (nSPS) is 23.1. The summed E-state index contributed by atoms with van der Waals surface area (Å²) in [6, 6.07) is 5.89. The van der Waals surface area contributed by atoms with E-state index in [0.717, 1.165) is 25.7 Å². The fourth-order valence-electron chi connectivity index (χ4n) is 2.66. The van der Waals surface area contributed by atoms with Gasteiger partial charge in [0.15, 0.2) is 0 Å². The van der Waals surface area contributed by atoms with E-state index in [2.05, 4.69) is 10.6 Å². The summed E-state index contributed by atoms with van der Waals surface area (Å²) in [7, 11) is 1.99. The Morgan fingerprint density at radius 2 is 1.84 bits per heavy atom. The number of hydrogen-bond donors (Lipinski definition) is 3. The van der Waals surface area contributed by atoms with Crippen LogP contribution in [-0.2, 0) is 0 Å². The van der Waals surface area contributed by atoms with E-state index in [1.807, 2.05) is 7.05 Å². The molecule has 4 nitrogen and oxygen atoms in total. The van der Waals surface area contributed by atoms with Crippen LogP contribution in [0.5, 0.6) is 5.75 Å². The van der Waals surface area contributed by atoms with Gasteiger partial charge in [0.2, 0.25) is 0 Å². The van der Waals surface area contributed by atoms with Crippen molar-refractivity contribution in [2.75, 3.05) is 7.05 Å². The molecule has 1 fully saturated rings. The van der Waals surface area contributed by atoms with Gasteiger partial charge in [0.25, 0.3) is 5.91 Å². The summed E-state index contributed by atoms with van der Waals surface area (Å²) in [5.41, 5.74) is 1.21. The topological polar surface area (TPSA) is 61.4 Å². The number of benzene rings is 1. The monoisotopic (exact) mass is 262 g/mol. The van der Waals surface area contributed by atoms with Crippen LogP contribution in [0.4, 0.5) is 0 Å². The quantitative estimate of drug-likeness (QED) is 0.780. The summed E-state index contributed by atoms with van der Waals surface area (Å²) in [6.45, 7) is 1.77. The van der Waals surface area contributed by atoms with E-state index in [4.69, 9.17) is 0 Å². The number of phenolic OH excluding ortho intramolecular Hbond substituents is 1. The zero-order chi connectivity index (χ0) is 13.8. The second-order valence-corrected chi connectivity index (χ2v) is 5.26. The Bertz CT molecular complexity index is 451. The average molecular weight is 262 g/mol. The molecular weight excluding hydrogens is 240 g/mol. The molecule has 1 saturated carbocycles. The van der Waals surface area contributed by atoms with Crippen molar-refractivity contribution < 1.29 is 9.90 Å². The van der Waals surface area contributed by atoms with Gasteiger partial charge in [-0.3, -0.25) is 4.79 Å². The Kier molecular flexibility index (Phi) is 4.43. The van der Waals surface area contributed by atoms with Crippen molar-refractivity contribution >= 4 is 5.91 Å². The highest BCUT2D eigenvalue weighted by atomic mass is 16.3. The van der Waals surface area contributed by atoms with E-state index in [9.17, 15) is 9.90 Å². The summed E-state index contributed by atoms with van der Waals surface area (Å²) in [6.07, 6.45) is 4.21. The maximum absolute atomic E-state index is 12.2. The molecule has 1 amide bonds. The Balaban J connectivity index is 1.96. The van der Waals surface area contributed by atoms with Crippen LogP contribution in [-0.4, -0.2) is 30.1 Å². The maximum Gasteiger partial charge on any atom is 0.251 e. The average Bonchev–Trinajstić information content (AvgIpc) is 2.42. The van der Waals surface area contributed by atoms with Gasteiger partial charge in [-0.25, -0.2) is 0 Å². The third-order valence-corrected chi connectivity index (χ3v) is 4.02. The van der Waals surface area contributed by atoms with Gasteiger partial charge < -0.3 is 15.7 Å². The fraction of sp³-hybridized carbons (Fsp3) is 0.533. The van der Waals surface area contributed by atoms with Crippen LogP contribution in [0.3, 0.4) is 0 Å². The maximum atomic E-state index is 12.2. The van der Waals surface area contributed by atoms with Crippen LogP contribution in [0.25, 0.3) is 0 Å². The molecule has 1 aromatic carbocycles. The van der Waals surface area contributed by atoms with E-state index in [1.54, 1.807) is 25.1 Å². The van der Waals surface area contributed by atoms with Crippen LogP contribution in [0.2, 0.25) is 0 Å². The highest BCUT2D eigenvalue weighted by molar-refractivity contribution is 5.96. The molecule has 0 heterocycles. The van der Waals surface area contributed by atoms with Crippen LogP contribution >= 0.6 is 0 Å². The first-order valence-electron chi connectivity index (χ1n) is 6.88. The lowest BCUT2D eigenvalue weighted by molar-refractivity contribution is 0.0923. The molecule has 0 atom stereocenters. The molecule has 1 aliphatic carbocycles. The van der Waals surface area contributed by atoms with E-state index in [1.165, 1.54) is 0 Å². The third kappa shape index (κ3) is 3.26. The Hall–Kier alpha value is -1.55. The summed E-state index contributed by atoms with van der Waals surface area (Å²) in [5, 5.41) is 16.0. The minimum atomic E-state index is -0.0821. The first-order valence-corrected chi connectivity index (χ1v) is 6.88. The molecule has 0 saturated heterocycles. The van der Waals surface area contributed by atoms with Gasteiger partial charge >= 0.3 is 0 Å². The lowest BCUT2D eigenvalue weighted by Crippen LogP contribution is -2.41. The predicted molar refractivity (Wildman–Crippen MR) is 75.4 cm³/mol. The highest BCUT2D eigenvalue weighted by Crippen LogP contribution is 2.22. The molecule has 0 aromatic heterocycles. The molecule has 1 aliphatic rings. The molecule has 0 radical (unpaired) electrons. The van der Waals surface area contributed by atoms with Crippen molar-refractivity contribution in [2.45, 2.75) is 44.7 Å². The molecule has 0 bridgehead atoms. The van der Waals surface area contributed by atoms with Gasteiger partial charge in [0, 0.05) is 23.2 Å². The van der Waals surface area contributed by atoms with Crippen molar-refractivity contribution in [3.63, 3.8) is 0 Å². The molecular formula is C15H22N2O2. The first kappa shape index (κ1) is 13.9. The zero-order valence-corrected chi connectivity index (χ0v) is 11.6. The molecule has 1 aromatic rings. The van der Waals surface area contributed by atoms with Crippen molar-refractivity contribution in [2.24, 2.45) is 0 Å². The summed E-state index contributed by atoms with van der Waals surface area (Å²) >= 11 is 0. The number of amides is 1. The number of nitrogens with one attached hydrogen (secondary N) is 2. The van der Waals surface area contributed by atoms with Crippen molar-refractivity contribution in [1.82, 2.24) is 10.6 Å². The van der Waals surface area contributed by atoms with Crippen LogP contribution < -0.4 is 10.6 Å². The Morgan fingerprint density at radius 1 is 1.21 bits per heavy atom. The smallest absolute Gasteiger partial charge is 0.251 e. The molecule has 2 rings (SSSR count). The number of hydrogen-bond acceptors (Lipinski definition) is 3. The molecule has 0 unspecified atom stereocenters. The van der Waals surface area contributed by atoms with Crippen molar-refractivity contribution in [1.29, 1.82) is 0 Å². The van der Waals surface area contributed by atoms with Gasteiger partial charge in [0.05, 0.1) is 0 Å². The molecule has 4 heteroatoms. The number of phenols is 1. The lowest BCUT2D eigenvalue weighted by Gasteiger charge is -2.29. The van der Waals surface area contributed by atoms with Gasteiger partial charge in [0.1, 0.15) is 5.75 Å². The molecule has 104 valence electrons. The number of aromatic hydroxyl groups is 1. The molecule has 0 spiro atoms.